The number of benzene rings is 1. The van der Waals surface area contributed by atoms with Crippen molar-refractivity contribution >= 4 is 12.0 Å². The van der Waals surface area contributed by atoms with E-state index in [9.17, 15) is 0 Å². The van der Waals surface area contributed by atoms with Gasteiger partial charge in [-0.15, -0.1) is 0 Å². The van der Waals surface area contributed by atoms with Gasteiger partial charge in [0.05, 0.1) is 11.5 Å². The predicted octanol–water partition coefficient (Wildman–Crippen LogP) is 3.69. The van der Waals surface area contributed by atoms with Gasteiger partial charge >= 0.3 is 6.01 Å². The first kappa shape index (κ1) is 21.2. The lowest BCUT2D eigenvalue weighted by atomic mass is 9.72. The third kappa shape index (κ3) is 4.12. The fraction of sp³-hybridized carbons (Fsp3) is 0.478. The molecule has 1 aliphatic heterocycles. The molecule has 1 atom stereocenters. The largest absolute Gasteiger partial charge is 0.381 e. The molecule has 1 fully saturated rings. The topological polar surface area (TPSA) is 103 Å². The number of piperidine rings is 1. The van der Waals surface area contributed by atoms with Crippen LogP contribution in [0.2, 0.25) is 0 Å². The predicted molar refractivity (Wildman–Crippen MR) is 120 cm³/mol. The van der Waals surface area contributed by atoms with E-state index in [1.807, 2.05) is 0 Å². The second-order valence-electron chi connectivity index (χ2n) is 8.59. The van der Waals surface area contributed by atoms with Crippen molar-refractivity contribution in [3.63, 3.8) is 0 Å². The molecule has 0 aliphatic carbocycles. The molecule has 3 aromatic rings. The summed E-state index contributed by atoms with van der Waals surface area (Å²) in [5, 5.41) is 4.40. The molecular weight excluding hydrogens is 392 g/mol. The minimum Gasteiger partial charge on any atom is -0.381 e. The molecule has 2 aromatic heterocycles. The Labute approximate surface area is 182 Å². The van der Waals surface area contributed by atoms with Crippen molar-refractivity contribution in [2.24, 2.45) is 5.92 Å². The maximum atomic E-state index is 5.69. The molecule has 8 nitrogen and oxygen atoms in total. The molecule has 0 amide bonds. The monoisotopic (exact) mass is 422 g/mol. The average molecular weight is 423 g/mol. The number of nitrogens with two attached hydrogens (primary N) is 1. The molecule has 0 bridgehead atoms. The summed E-state index contributed by atoms with van der Waals surface area (Å²) in [4.78, 5) is 15.1. The van der Waals surface area contributed by atoms with Crippen molar-refractivity contribution in [3.05, 3.63) is 48.0 Å². The third-order valence-electron chi connectivity index (χ3n) is 6.57. The number of methoxy groups -OCH3 is 1. The van der Waals surface area contributed by atoms with E-state index in [4.69, 9.17) is 20.0 Å². The standard InChI is InChI=1S/C23H30N6O2/c1-15(2)23(3,18-7-5-16(6-8-18)17-13-25-21(24)26-14-17)20-27-22(31-28-20)29-11-9-19(30-4)10-12-29/h5-8,13-15,19H,9-12H2,1-4H3,(H2,24,25,26). The van der Waals surface area contributed by atoms with Crippen LogP contribution in [0.15, 0.2) is 41.2 Å². The molecule has 1 aromatic carbocycles. The first-order chi connectivity index (χ1) is 14.9. The van der Waals surface area contributed by atoms with E-state index < -0.39 is 0 Å². The van der Waals surface area contributed by atoms with E-state index >= 15 is 0 Å². The van der Waals surface area contributed by atoms with Gasteiger partial charge in [0.15, 0.2) is 5.82 Å². The van der Waals surface area contributed by atoms with Crippen LogP contribution in [0.3, 0.4) is 0 Å². The summed E-state index contributed by atoms with van der Waals surface area (Å²) < 4.78 is 11.2. The van der Waals surface area contributed by atoms with Crippen molar-refractivity contribution in [2.45, 2.75) is 45.1 Å². The number of nitrogens with zero attached hydrogens (tertiary/aromatic N) is 5. The van der Waals surface area contributed by atoms with Gasteiger partial charge in [-0.05, 0) is 36.8 Å². The smallest absolute Gasteiger partial charge is 0.324 e. The van der Waals surface area contributed by atoms with Gasteiger partial charge < -0.3 is 19.9 Å². The van der Waals surface area contributed by atoms with Crippen molar-refractivity contribution in [3.8, 4) is 11.1 Å². The zero-order valence-corrected chi connectivity index (χ0v) is 18.6. The summed E-state index contributed by atoms with van der Waals surface area (Å²) in [5.74, 6) is 1.24. The molecule has 0 saturated carbocycles. The first-order valence-corrected chi connectivity index (χ1v) is 10.7. The molecule has 8 heteroatoms. The van der Waals surface area contributed by atoms with Crippen molar-refractivity contribution in [1.82, 2.24) is 20.1 Å². The minimum atomic E-state index is -0.386. The summed E-state index contributed by atoms with van der Waals surface area (Å²) >= 11 is 0. The molecule has 1 aliphatic rings. The lowest BCUT2D eigenvalue weighted by Gasteiger charge is -2.31. The van der Waals surface area contributed by atoms with Gasteiger partial charge in [-0.1, -0.05) is 43.3 Å². The molecule has 1 saturated heterocycles. The average Bonchev–Trinajstić information content (AvgIpc) is 3.30. The molecule has 0 radical (unpaired) electrons. The second-order valence-corrected chi connectivity index (χ2v) is 8.59. The molecule has 0 spiro atoms. The number of rotatable bonds is 6. The zero-order valence-electron chi connectivity index (χ0n) is 18.6. The first-order valence-electron chi connectivity index (χ1n) is 10.7. The van der Waals surface area contributed by atoms with Crippen LogP contribution >= 0.6 is 0 Å². The molecular formula is C23H30N6O2. The van der Waals surface area contributed by atoms with E-state index in [0.29, 0.717) is 17.9 Å². The van der Waals surface area contributed by atoms with Crippen LogP contribution in [0.5, 0.6) is 0 Å². The Morgan fingerprint density at radius 3 is 2.32 bits per heavy atom. The number of anilines is 2. The summed E-state index contributed by atoms with van der Waals surface area (Å²) in [6.45, 7) is 8.25. The Hall–Kier alpha value is -3.00. The third-order valence-corrected chi connectivity index (χ3v) is 6.57. The number of hydrogen-bond donors (Lipinski definition) is 1. The maximum Gasteiger partial charge on any atom is 0.324 e. The van der Waals surface area contributed by atoms with E-state index in [1.54, 1.807) is 19.5 Å². The molecule has 164 valence electrons. The summed E-state index contributed by atoms with van der Waals surface area (Å²) in [6, 6.07) is 8.97. The van der Waals surface area contributed by atoms with E-state index in [0.717, 1.165) is 42.6 Å². The lowest BCUT2D eigenvalue weighted by Crippen LogP contribution is -2.37. The van der Waals surface area contributed by atoms with Gasteiger partial charge in [0.25, 0.3) is 0 Å². The van der Waals surface area contributed by atoms with E-state index in [2.05, 4.69) is 65.1 Å². The molecule has 1 unspecified atom stereocenters. The highest BCUT2D eigenvalue weighted by molar-refractivity contribution is 5.62. The number of ether oxygens (including phenoxy) is 1. The summed E-state index contributed by atoms with van der Waals surface area (Å²) in [7, 11) is 1.77. The summed E-state index contributed by atoms with van der Waals surface area (Å²) in [5.41, 5.74) is 8.30. The van der Waals surface area contributed by atoms with Crippen LogP contribution in [0.1, 0.15) is 45.0 Å². The molecule has 4 rings (SSSR count). The number of aromatic nitrogens is 4. The minimum absolute atomic E-state index is 0.267. The number of nitrogen functional groups attached to an aromatic ring is 1. The fourth-order valence-corrected chi connectivity index (χ4v) is 4.05. The van der Waals surface area contributed by atoms with Gasteiger partial charge in [0, 0.05) is 38.2 Å². The Kier molecular flexibility index (Phi) is 5.91. The highest BCUT2D eigenvalue weighted by Gasteiger charge is 2.38. The van der Waals surface area contributed by atoms with Crippen LogP contribution in [0, 0.1) is 5.92 Å². The maximum absolute atomic E-state index is 5.69. The van der Waals surface area contributed by atoms with Gasteiger partial charge in [-0.2, -0.15) is 4.98 Å². The molecule has 3 heterocycles. The van der Waals surface area contributed by atoms with E-state index in [1.165, 1.54) is 0 Å². The molecule has 2 N–H and O–H groups in total. The highest BCUT2D eigenvalue weighted by Crippen LogP contribution is 2.39. The quantitative estimate of drug-likeness (QED) is 0.641. The van der Waals surface area contributed by atoms with Crippen LogP contribution in [-0.4, -0.2) is 46.4 Å². The van der Waals surface area contributed by atoms with Crippen LogP contribution < -0.4 is 10.6 Å². The van der Waals surface area contributed by atoms with Crippen molar-refractivity contribution < 1.29 is 9.26 Å². The van der Waals surface area contributed by atoms with Gasteiger partial charge in [-0.25, -0.2) is 9.97 Å². The second kappa shape index (κ2) is 8.63. The Bertz CT molecular complexity index is 994. The van der Waals surface area contributed by atoms with Gasteiger partial charge in [0.1, 0.15) is 0 Å². The number of hydrogen-bond acceptors (Lipinski definition) is 8. The van der Waals surface area contributed by atoms with Crippen molar-refractivity contribution in [1.29, 1.82) is 0 Å². The van der Waals surface area contributed by atoms with Crippen LogP contribution in [0.4, 0.5) is 12.0 Å². The van der Waals surface area contributed by atoms with Crippen LogP contribution in [-0.2, 0) is 10.2 Å². The lowest BCUT2D eigenvalue weighted by molar-refractivity contribution is 0.0808. The summed E-state index contributed by atoms with van der Waals surface area (Å²) in [6.07, 6.45) is 5.70. The Morgan fingerprint density at radius 1 is 1.10 bits per heavy atom. The van der Waals surface area contributed by atoms with Gasteiger partial charge in [-0.3, -0.25) is 0 Å². The Morgan fingerprint density at radius 2 is 1.74 bits per heavy atom. The Balaban J connectivity index is 1.59. The van der Waals surface area contributed by atoms with Gasteiger partial charge in [0.2, 0.25) is 5.95 Å². The van der Waals surface area contributed by atoms with Crippen LogP contribution in [0.25, 0.3) is 11.1 Å². The fourth-order valence-electron chi connectivity index (χ4n) is 4.05. The van der Waals surface area contributed by atoms with Crippen molar-refractivity contribution in [2.75, 3.05) is 30.8 Å². The molecule has 31 heavy (non-hydrogen) atoms. The zero-order chi connectivity index (χ0) is 22.0. The normalized spacial score (nSPS) is 17.1. The van der Waals surface area contributed by atoms with E-state index in [-0.39, 0.29) is 17.3 Å². The SMILES string of the molecule is COC1CCN(c2nc(C(C)(c3ccc(-c4cnc(N)nc4)cc3)C(C)C)no2)CC1. The highest BCUT2D eigenvalue weighted by atomic mass is 16.5.